The van der Waals surface area contributed by atoms with Gasteiger partial charge >= 0.3 is 6.09 Å². The van der Waals surface area contributed by atoms with Crippen LogP contribution in [0.2, 0.25) is 0 Å². The minimum absolute atomic E-state index is 0.0490. The van der Waals surface area contributed by atoms with E-state index in [9.17, 15) is 9.59 Å². The Morgan fingerprint density at radius 2 is 2.35 bits per heavy atom. The normalized spacial score (nSPS) is 20.9. The summed E-state index contributed by atoms with van der Waals surface area (Å²) in [6, 6.07) is -0.198. The lowest BCUT2D eigenvalue weighted by atomic mass is 10.2. The SMILES string of the molecule is CCOC(=O)NC(=O)CN1CCOCC1CO. The van der Waals surface area contributed by atoms with E-state index in [0.29, 0.717) is 19.8 Å². The van der Waals surface area contributed by atoms with E-state index in [4.69, 9.17) is 9.84 Å². The van der Waals surface area contributed by atoms with Crippen molar-refractivity contribution in [2.24, 2.45) is 0 Å². The van der Waals surface area contributed by atoms with Crippen LogP contribution < -0.4 is 5.32 Å². The average Bonchev–Trinajstić information content (AvgIpc) is 2.29. The molecule has 17 heavy (non-hydrogen) atoms. The molecule has 0 aliphatic carbocycles. The highest BCUT2D eigenvalue weighted by Crippen LogP contribution is 2.05. The maximum atomic E-state index is 11.5. The molecule has 7 heteroatoms. The van der Waals surface area contributed by atoms with Gasteiger partial charge in [-0.3, -0.25) is 15.0 Å². The van der Waals surface area contributed by atoms with E-state index >= 15 is 0 Å². The highest BCUT2D eigenvalue weighted by molar-refractivity contribution is 5.92. The van der Waals surface area contributed by atoms with Gasteiger partial charge in [0, 0.05) is 6.54 Å². The third-order valence-corrected chi connectivity index (χ3v) is 2.42. The van der Waals surface area contributed by atoms with Gasteiger partial charge in [0.2, 0.25) is 5.91 Å². The molecule has 2 amide bonds. The molecule has 1 rings (SSSR count). The van der Waals surface area contributed by atoms with Crippen molar-refractivity contribution in [1.82, 2.24) is 10.2 Å². The van der Waals surface area contributed by atoms with Crippen molar-refractivity contribution in [3.05, 3.63) is 0 Å². The number of imide groups is 1. The fourth-order valence-electron chi connectivity index (χ4n) is 1.57. The first kappa shape index (κ1) is 13.9. The molecule has 98 valence electrons. The highest BCUT2D eigenvalue weighted by atomic mass is 16.5. The van der Waals surface area contributed by atoms with E-state index in [2.05, 4.69) is 10.1 Å². The Hall–Kier alpha value is -1.18. The van der Waals surface area contributed by atoms with E-state index in [0.717, 1.165) is 0 Å². The van der Waals surface area contributed by atoms with Crippen molar-refractivity contribution in [3.8, 4) is 0 Å². The van der Waals surface area contributed by atoms with Crippen LogP contribution in [-0.4, -0.2) is 67.6 Å². The van der Waals surface area contributed by atoms with Crippen LogP contribution in [-0.2, 0) is 14.3 Å². The van der Waals surface area contributed by atoms with Crippen molar-refractivity contribution in [2.45, 2.75) is 13.0 Å². The van der Waals surface area contributed by atoms with Crippen molar-refractivity contribution in [3.63, 3.8) is 0 Å². The second kappa shape index (κ2) is 7.21. The Morgan fingerprint density at radius 3 is 3.00 bits per heavy atom. The van der Waals surface area contributed by atoms with Gasteiger partial charge in [-0.2, -0.15) is 0 Å². The van der Waals surface area contributed by atoms with E-state index < -0.39 is 12.0 Å². The summed E-state index contributed by atoms with van der Waals surface area (Å²) in [7, 11) is 0. The second-order valence-electron chi connectivity index (χ2n) is 3.65. The maximum Gasteiger partial charge on any atom is 0.413 e. The molecule has 1 aliphatic rings. The maximum absolute atomic E-state index is 11.5. The van der Waals surface area contributed by atoms with Crippen LogP contribution >= 0.6 is 0 Å². The number of nitrogens with one attached hydrogen (secondary N) is 1. The number of amides is 2. The van der Waals surface area contributed by atoms with Crippen LogP contribution in [0, 0.1) is 0 Å². The van der Waals surface area contributed by atoms with E-state index in [1.165, 1.54) is 0 Å². The molecule has 0 aromatic rings. The number of aliphatic hydroxyl groups is 1. The summed E-state index contributed by atoms with van der Waals surface area (Å²) in [5, 5.41) is 11.2. The molecule has 0 bridgehead atoms. The summed E-state index contributed by atoms with van der Waals surface area (Å²) in [4.78, 5) is 24.3. The number of morpholine rings is 1. The van der Waals surface area contributed by atoms with Crippen LogP contribution in [0.25, 0.3) is 0 Å². The lowest BCUT2D eigenvalue weighted by molar-refractivity contribution is -0.124. The molecular weight excluding hydrogens is 228 g/mol. The van der Waals surface area contributed by atoms with Gasteiger partial charge < -0.3 is 14.6 Å². The Labute approximate surface area is 99.7 Å². The Morgan fingerprint density at radius 1 is 1.59 bits per heavy atom. The molecule has 7 nitrogen and oxygen atoms in total. The molecule has 1 aliphatic heterocycles. The quantitative estimate of drug-likeness (QED) is 0.658. The molecule has 1 heterocycles. The number of alkyl carbamates (subject to hydrolysis) is 1. The monoisotopic (exact) mass is 246 g/mol. The molecule has 1 fully saturated rings. The van der Waals surface area contributed by atoms with Gasteiger partial charge in [-0.15, -0.1) is 0 Å². The summed E-state index contributed by atoms with van der Waals surface area (Å²) >= 11 is 0. The summed E-state index contributed by atoms with van der Waals surface area (Å²) in [5.41, 5.74) is 0. The molecule has 0 aromatic heterocycles. The standard InChI is InChI=1S/C10H18N2O5/c1-2-17-10(15)11-9(14)5-12-3-4-16-7-8(12)6-13/h8,13H,2-7H2,1H3,(H,11,14,15). The van der Waals surface area contributed by atoms with Gasteiger partial charge in [0.25, 0.3) is 0 Å². The lowest BCUT2D eigenvalue weighted by Crippen LogP contribution is -2.51. The predicted octanol–water partition coefficient (Wildman–Crippen LogP) is -1.05. The molecule has 1 saturated heterocycles. The van der Waals surface area contributed by atoms with Crippen LogP contribution in [0.1, 0.15) is 6.92 Å². The third kappa shape index (κ3) is 4.68. The van der Waals surface area contributed by atoms with Gasteiger partial charge in [0.05, 0.1) is 39.0 Å². The Kier molecular flexibility index (Phi) is 5.88. The number of hydrogen-bond donors (Lipinski definition) is 2. The van der Waals surface area contributed by atoms with Gasteiger partial charge in [-0.05, 0) is 6.92 Å². The van der Waals surface area contributed by atoms with Gasteiger partial charge in [0.15, 0.2) is 0 Å². The number of carbonyl (C=O) groups is 2. The zero-order chi connectivity index (χ0) is 12.7. The number of rotatable bonds is 4. The largest absolute Gasteiger partial charge is 0.450 e. The molecule has 0 saturated carbocycles. The Balaban J connectivity index is 2.35. The molecule has 0 spiro atoms. The smallest absolute Gasteiger partial charge is 0.413 e. The molecule has 1 unspecified atom stereocenters. The van der Waals surface area contributed by atoms with Gasteiger partial charge in [-0.1, -0.05) is 0 Å². The average molecular weight is 246 g/mol. The third-order valence-electron chi connectivity index (χ3n) is 2.42. The van der Waals surface area contributed by atoms with Gasteiger partial charge in [0.1, 0.15) is 0 Å². The minimum Gasteiger partial charge on any atom is -0.450 e. The fourth-order valence-corrected chi connectivity index (χ4v) is 1.57. The first-order valence-electron chi connectivity index (χ1n) is 5.56. The first-order valence-corrected chi connectivity index (χ1v) is 5.56. The number of ether oxygens (including phenoxy) is 2. The summed E-state index contributed by atoms with van der Waals surface area (Å²) in [5.74, 6) is -0.441. The van der Waals surface area contributed by atoms with E-state index in [1.54, 1.807) is 11.8 Å². The number of aliphatic hydroxyl groups excluding tert-OH is 1. The summed E-state index contributed by atoms with van der Waals surface area (Å²) in [6.45, 7) is 3.32. The van der Waals surface area contributed by atoms with Crippen LogP contribution in [0.3, 0.4) is 0 Å². The number of carbonyl (C=O) groups excluding carboxylic acids is 2. The summed E-state index contributed by atoms with van der Waals surface area (Å²) in [6.07, 6.45) is -0.744. The zero-order valence-electron chi connectivity index (χ0n) is 9.85. The molecule has 0 aromatic carbocycles. The number of nitrogens with zero attached hydrogens (tertiary/aromatic N) is 1. The van der Waals surface area contributed by atoms with Crippen molar-refractivity contribution >= 4 is 12.0 Å². The minimum atomic E-state index is -0.744. The first-order chi connectivity index (χ1) is 8.17. The molecular formula is C10H18N2O5. The predicted molar refractivity (Wildman–Crippen MR) is 58.4 cm³/mol. The van der Waals surface area contributed by atoms with Crippen molar-refractivity contribution in [2.75, 3.05) is 39.5 Å². The lowest BCUT2D eigenvalue weighted by Gasteiger charge is -2.33. The van der Waals surface area contributed by atoms with E-state index in [-0.39, 0.29) is 25.8 Å². The second-order valence-corrected chi connectivity index (χ2v) is 3.65. The molecule has 0 radical (unpaired) electrons. The van der Waals surface area contributed by atoms with Crippen molar-refractivity contribution < 1.29 is 24.2 Å². The number of hydrogen-bond acceptors (Lipinski definition) is 6. The van der Waals surface area contributed by atoms with Crippen LogP contribution in [0.15, 0.2) is 0 Å². The van der Waals surface area contributed by atoms with Crippen LogP contribution in [0.5, 0.6) is 0 Å². The Bertz CT molecular complexity index is 271. The van der Waals surface area contributed by atoms with Crippen LogP contribution in [0.4, 0.5) is 4.79 Å². The fraction of sp³-hybridized carbons (Fsp3) is 0.800. The van der Waals surface area contributed by atoms with E-state index in [1.807, 2.05) is 0 Å². The van der Waals surface area contributed by atoms with Gasteiger partial charge in [-0.25, -0.2) is 4.79 Å². The zero-order valence-corrected chi connectivity index (χ0v) is 9.85. The van der Waals surface area contributed by atoms with Crippen molar-refractivity contribution in [1.29, 1.82) is 0 Å². The molecule has 2 N–H and O–H groups in total. The molecule has 1 atom stereocenters. The highest BCUT2D eigenvalue weighted by Gasteiger charge is 2.24. The summed E-state index contributed by atoms with van der Waals surface area (Å²) < 4.78 is 9.77. The topological polar surface area (TPSA) is 88.1 Å².